The highest BCUT2D eigenvalue weighted by atomic mass is 16.6. The zero-order valence-corrected chi connectivity index (χ0v) is 19.3. The van der Waals surface area contributed by atoms with E-state index in [-0.39, 0.29) is 25.2 Å². The minimum absolute atomic E-state index is 0.131. The van der Waals surface area contributed by atoms with E-state index in [1.54, 1.807) is 13.8 Å². The number of aliphatic hydroxyl groups is 3. The lowest BCUT2D eigenvalue weighted by atomic mass is 9.38. The summed E-state index contributed by atoms with van der Waals surface area (Å²) in [6.45, 7) is 4.30. The Morgan fingerprint density at radius 1 is 1.18 bits per heavy atom. The van der Waals surface area contributed by atoms with Crippen LogP contribution in [0.3, 0.4) is 0 Å². The van der Waals surface area contributed by atoms with Crippen molar-refractivity contribution in [3.8, 4) is 0 Å². The maximum Gasteiger partial charge on any atom is 0.348 e. The fourth-order valence-corrected chi connectivity index (χ4v) is 8.03. The lowest BCUT2D eigenvalue weighted by Gasteiger charge is -2.67. The Kier molecular flexibility index (Phi) is 4.80. The summed E-state index contributed by atoms with van der Waals surface area (Å²) >= 11 is 0. The van der Waals surface area contributed by atoms with Gasteiger partial charge in [0.15, 0.2) is 11.5 Å². The van der Waals surface area contributed by atoms with Crippen LogP contribution < -0.4 is 0 Å². The second-order valence-electron chi connectivity index (χ2n) is 10.5. The average Bonchev–Trinajstić information content (AvgIpc) is 3.08. The van der Waals surface area contributed by atoms with Crippen molar-refractivity contribution in [2.45, 2.75) is 63.6 Å². The largest absolute Gasteiger partial charge is 0.504 e. The third-order valence-corrected chi connectivity index (χ3v) is 9.13. The first-order valence-corrected chi connectivity index (χ1v) is 11.3. The maximum absolute atomic E-state index is 13.1. The van der Waals surface area contributed by atoms with Gasteiger partial charge < -0.3 is 34.3 Å². The first kappa shape index (κ1) is 23.3. The molecule has 186 valence electrons. The number of methoxy groups -OCH3 is 1. The molecule has 3 aliphatic carbocycles. The van der Waals surface area contributed by atoms with Gasteiger partial charge in [-0.3, -0.25) is 9.59 Å². The van der Waals surface area contributed by atoms with Crippen LogP contribution in [-0.2, 0) is 38.1 Å². The molecule has 10 atom stereocenters. The SMILES string of the molecule is COC(=O)[C@]12OC[C@@]34[C@@H]1[C@@H](OC(C)=O)C(=O)O[C@@H]3C[C@H]1C(C)=C(O)C(=O)C[C@]1(C)[C@@H]4[C@@H](O)[C@@H]2O. The van der Waals surface area contributed by atoms with Crippen molar-refractivity contribution in [2.75, 3.05) is 13.7 Å². The Morgan fingerprint density at radius 3 is 2.47 bits per heavy atom. The Bertz CT molecular complexity index is 1030. The molecule has 5 aliphatic rings. The van der Waals surface area contributed by atoms with E-state index < -0.39 is 82.3 Å². The van der Waals surface area contributed by atoms with Crippen LogP contribution in [0.1, 0.15) is 33.6 Å². The summed E-state index contributed by atoms with van der Waals surface area (Å²) in [4.78, 5) is 50.9. The van der Waals surface area contributed by atoms with Gasteiger partial charge in [-0.2, -0.15) is 0 Å². The molecule has 11 heteroatoms. The molecule has 2 saturated carbocycles. The molecule has 0 unspecified atom stereocenters. The molecule has 2 bridgehead atoms. The zero-order chi connectivity index (χ0) is 25.0. The number of esters is 3. The van der Waals surface area contributed by atoms with Crippen LogP contribution >= 0.6 is 0 Å². The number of ether oxygens (including phenoxy) is 4. The van der Waals surface area contributed by atoms with E-state index in [9.17, 15) is 34.5 Å². The van der Waals surface area contributed by atoms with Gasteiger partial charge in [-0.15, -0.1) is 0 Å². The first-order valence-electron chi connectivity index (χ1n) is 11.3. The van der Waals surface area contributed by atoms with Gasteiger partial charge in [-0.25, -0.2) is 9.59 Å². The number of fused-ring (bicyclic) bond motifs is 2. The van der Waals surface area contributed by atoms with Gasteiger partial charge in [0.25, 0.3) is 0 Å². The van der Waals surface area contributed by atoms with E-state index in [1.807, 2.05) is 0 Å². The molecule has 2 saturated heterocycles. The van der Waals surface area contributed by atoms with Crippen molar-refractivity contribution < 1.29 is 53.4 Å². The number of ketones is 1. The van der Waals surface area contributed by atoms with Crippen LogP contribution in [0.5, 0.6) is 0 Å². The molecule has 11 nitrogen and oxygen atoms in total. The summed E-state index contributed by atoms with van der Waals surface area (Å²) in [6.07, 6.45) is -5.85. The highest BCUT2D eigenvalue weighted by Crippen LogP contribution is 2.72. The van der Waals surface area contributed by atoms with E-state index in [4.69, 9.17) is 18.9 Å². The molecule has 0 aromatic carbocycles. The normalized spacial score (nSPS) is 49.1. The summed E-state index contributed by atoms with van der Waals surface area (Å²) in [5.74, 6) is -6.15. The van der Waals surface area contributed by atoms with Crippen molar-refractivity contribution in [1.82, 2.24) is 0 Å². The molecule has 1 spiro atoms. The van der Waals surface area contributed by atoms with Crippen LogP contribution in [0, 0.1) is 28.6 Å². The number of hydrogen-bond donors (Lipinski definition) is 3. The summed E-state index contributed by atoms with van der Waals surface area (Å²) < 4.78 is 22.0. The molecule has 0 aromatic heterocycles. The van der Waals surface area contributed by atoms with Crippen LogP contribution in [0.15, 0.2) is 11.3 Å². The van der Waals surface area contributed by atoms with Crippen molar-refractivity contribution in [2.24, 2.45) is 28.6 Å². The van der Waals surface area contributed by atoms with Gasteiger partial charge in [-0.1, -0.05) is 6.92 Å². The molecule has 3 N–H and O–H groups in total. The highest BCUT2D eigenvalue weighted by molar-refractivity contribution is 5.95. The predicted molar refractivity (Wildman–Crippen MR) is 109 cm³/mol. The fraction of sp³-hybridized carbons (Fsp3) is 0.739. The summed E-state index contributed by atoms with van der Waals surface area (Å²) in [7, 11) is 1.09. The molecular formula is C23H28O11. The molecule has 0 amide bonds. The van der Waals surface area contributed by atoms with Gasteiger partial charge in [-0.05, 0) is 30.3 Å². The lowest BCUT2D eigenvalue weighted by Crippen LogP contribution is -2.79. The van der Waals surface area contributed by atoms with E-state index in [1.165, 1.54) is 0 Å². The molecule has 34 heavy (non-hydrogen) atoms. The average molecular weight is 480 g/mol. The smallest absolute Gasteiger partial charge is 0.348 e. The minimum Gasteiger partial charge on any atom is -0.504 e. The van der Waals surface area contributed by atoms with E-state index >= 15 is 0 Å². The van der Waals surface area contributed by atoms with Gasteiger partial charge in [0, 0.05) is 24.7 Å². The van der Waals surface area contributed by atoms with E-state index in [0.29, 0.717) is 5.57 Å². The minimum atomic E-state index is -2.18. The van der Waals surface area contributed by atoms with Gasteiger partial charge in [0.1, 0.15) is 12.2 Å². The second kappa shape index (κ2) is 7.02. The molecule has 2 aliphatic heterocycles. The van der Waals surface area contributed by atoms with E-state index in [0.717, 1.165) is 14.0 Å². The van der Waals surface area contributed by atoms with Crippen LogP contribution in [0.25, 0.3) is 0 Å². The van der Waals surface area contributed by atoms with Crippen molar-refractivity contribution in [1.29, 1.82) is 0 Å². The van der Waals surface area contributed by atoms with Gasteiger partial charge in [0.05, 0.1) is 25.7 Å². The molecule has 5 rings (SSSR count). The highest BCUT2D eigenvalue weighted by Gasteiger charge is 2.85. The van der Waals surface area contributed by atoms with Gasteiger partial charge in [0.2, 0.25) is 11.7 Å². The number of allylic oxidation sites excluding steroid dienone is 2. The summed E-state index contributed by atoms with van der Waals surface area (Å²) in [5.41, 5.74) is -4.02. The zero-order valence-electron chi connectivity index (χ0n) is 19.3. The topological polar surface area (TPSA) is 166 Å². The monoisotopic (exact) mass is 480 g/mol. The number of Topliss-reactive ketones (excluding diaryl/α,β-unsaturated/α-hetero) is 1. The van der Waals surface area contributed by atoms with Crippen molar-refractivity contribution in [3.05, 3.63) is 11.3 Å². The summed E-state index contributed by atoms with van der Waals surface area (Å²) in [5, 5.41) is 33.3. The Hall–Kier alpha value is -2.50. The summed E-state index contributed by atoms with van der Waals surface area (Å²) in [6, 6.07) is 0. The molecule has 4 fully saturated rings. The number of carbonyl (C=O) groups excluding carboxylic acids is 4. The second-order valence-corrected chi connectivity index (χ2v) is 10.5. The van der Waals surface area contributed by atoms with Crippen LogP contribution in [0.2, 0.25) is 0 Å². The Balaban J connectivity index is 1.78. The van der Waals surface area contributed by atoms with Crippen LogP contribution in [0.4, 0.5) is 0 Å². The van der Waals surface area contributed by atoms with Gasteiger partial charge >= 0.3 is 17.9 Å². The molecule has 2 heterocycles. The number of rotatable bonds is 2. The molecular weight excluding hydrogens is 452 g/mol. The first-order chi connectivity index (χ1) is 15.9. The van der Waals surface area contributed by atoms with Crippen LogP contribution in [-0.4, -0.2) is 82.7 Å². The van der Waals surface area contributed by atoms with E-state index in [2.05, 4.69) is 0 Å². The third kappa shape index (κ3) is 2.42. The molecule has 0 radical (unpaired) electrons. The molecule has 0 aromatic rings. The fourth-order valence-electron chi connectivity index (χ4n) is 8.03. The Labute approximate surface area is 195 Å². The third-order valence-electron chi connectivity index (χ3n) is 9.13. The lowest BCUT2D eigenvalue weighted by molar-refractivity contribution is -0.290. The predicted octanol–water partition coefficient (Wildman–Crippen LogP) is -0.429. The Morgan fingerprint density at radius 2 is 1.85 bits per heavy atom. The number of carbonyl (C=O) groups is 4. The van der Waals surface area contributed by atoms with Crippen molar-refractivity contribution in [3.63, 3.8) is 0 Å². The number of hydrogen-bond acceptors (Lipinski definition) is 11. The van der Waals surface area contributed by atoms with Crippen molar-refractivity contribution >= 4 is 23.7 Å². The number of aliphatic hydroxyl groups excluding tert-OH is 3. The maximum atomic E-state index is 13.1. The standard InChI is InChI=1S/C23H28O11/c1-8-10-5-12-22-7-32-23(20(30)31-4,17(22)15(19(29)34-12)33-9(2)24)18(28)14(27)16(22)21(10,3)6-11(25)13(8)26/h10,12,14-18,26-28H,5-7H2,1-4H3/t10-,12+,14+,15+,16-,17-,18-,21-,22+,23-/m0/s1. The quantitative estimate of drug-likeness (QED) is 0.347.